The molecule has 2 aliphatic rings. The van der Waals surface area contributed by atoms with Gasteiger partial charge in [-0.05, 0) is 50.8 Å². The van der Waals surface area contributed by atoms with Crippen LogP contribution in [-0.2, 0) is 4.79 Å². The van der Waals surface area contributed by atoms with Crippen LogP contribution in [0.4, 0.5) is 0 Å². The topological polar surface area (TPSA) is 59.6 Å². The van der Waals surface area contributed by atoms with E-state index < -0.39 is 0 Å². The number of rotatable bonds is 5. The van der Waals surface area contributed by atoms with Crippen LogP contribution in [0.15, 0.2) is 18.2 Å². The standard InChI is InChI=1S/C18H26N2O3/c1-18(2,3)20-7-6-19-17(21)14-11-13(14)12-4-5-15-16(10-12)23-9-8-22-15/h4-5,10,13-14,20H,6-9,11H2,1-3H3,(H,19,21)/t13-,14-/m0/s1. The Morgan fingerprint density at radius 1 is 1.17 bits per heavy atom. The SMILES string of the molecule is CC(C)(C)NCCNC(=O)[C@H]1C[C@H]1c1ccc2c(c1)OCCO2. The van der Waals surface area contributed by atoms with Crippen LogP contribution in [0.2, 0.25) is 0 Å². The van der Waals surface area contributed by atoms with Gasteiger partial charge in [0.1, 0.15) is 13.2 Å². The average molecular weight is 318 g/mol. The predicted molar refractivity (Wildman–Crippen MR) is 89.0 cm³/mol. The number of ether oxygens (including phenoxy) is 2. The number of carbonyl (C=O) groups is 1. The normalized spacial score (nSPS) is 22.6. The van der Waals surface area contributed by atoms with E-state index in [9.17, 15) is 4.79 Å². The third kappa shape index (κ3) is 4.16. The molecule has 1 heterocycles. The lowest BCUT2D eigenvalue weighted by Crippen LogP contribution is -2.41. The highest BCUT2D eigenvalue weighted by Crippen LogP contribution is 2.49. The van der Waals surface area contributed by atoms with E-state index >= 15 is 0 Å². The Morgan fingerprint density at radius 2 is 1.91 bits per heavy atom. The van der Waals surface area contributed by atoms with Gasteiger partial charge >= 0.3 is 0 Å². The van der Waals surface area contributed by atoms with E-state index in [4.69, 9.17) is 9.47 Å². The highest BCUT2D eigenvalue weighted by atomic mass is 16.6. The van der Waals surface area contributed by atoms with Crippen molar-refractivity contribution in [2.24, 2.45) is 5.92 Å². The lowest BCUT2D eigenvalue weighted by molar-refractivity contribution is -0.122. The first-order chi connectivity index (χ1) is 10.9. The molecule has 0 saturated heterocycles. The van der Waals surface area contributed by atoms with Crippen LogP contribution in [0.5, 0.6) is 11.5 Å². The van der Waals surface area contributed by atoms with Crippen LogP contribution >= 0.6 is 0 Å². The van der Waals surface area contributed by atoms with E-state index in [0.717, 1.165) is 24.5 Å². The minimum absolute atomic E-state index is 0.0814. The summed E-state index contributed by atoms with van der Waals surface area (Å²) in [7, 11) is 0. The van der Waals surface area contributed by atoms with Crippen LogP contribution < -0.4 is 20.1 Å². The maximum Gasteiger partial charge on any atom is 0.223 e. The zero-order chi connectivity index (χ0) is 16.4. The molecule has 1 amide bonds. The van der Waals surface area contributed by atoms with Gasteiger partial charge in [0, 0.05) is 24.5 Å². The first kappa shape index (κ1) is 16.1. The fourth-order valence-electron chi connectivity index (χ4n) is 2.90. The molecule has 1 saturated carbocycles. The summed E-state index contributed by atoms with van der Waals surface area (Å²) in [5, 5.41) is 6.39. The lowest BCUT2D eigenvalue weighted by Gasteiger charge is -2.20. The van der Waals surface area contributed by atoms with E-state index in [-0.39, 0.29) is 17.4 Å². The van der Waals surface area contributed by atoms with Crippen molar-refractivity contribution in [1.82, 2.24) is 10.6 Å². The Kier molecular flexibility index (Phi) is 4.48. The number of carbonyl (C=O) groups excluding carboxylic acids is 1. The molecule has 2 N–H and O–H groups in total. The quantitative estimate of drug-likeness (QED) is 0.816. The van der Waals surface area contributed by atoms with E-state index in [0.29, 0.717) is 25.7 Å². The summed E-state index contributed by atoms with van der Waals surface area (Å²) in [6, 6.07) is 6.02. The van der Waals surface area contributed by atoms with Crippen molar-refractivity contribution in [2.45, 2.75) is 38.6 Å². The second-order valence-corrected chi connectivity index (χ2v) is 7.32. The van der Waals surface area contributed by atoms with Gasteiger partial charge in [0.15, 0.2) is 11.5 Å². The molecule has 1 aliphatic heterocycles. The Balaban J connectivity index is 1.48. The molecule has 126 valence electrons. The number of nitrogens with one attached hydrogen (secondary N) is 2. The molecule has 0 unspecified atom stereocenters. The van der Waals surface area contributed by atoms with Crippen molar-refractivity contribution >= 4 is 5.91 Å². The van der Waals surface area contributed by atoms with E-state index in [1.165, 1.54) is 5.56 Å². The van der Waals surface area contributed by atoms with E-state index in [1.807, 2.05) is 18.2 Å². The molecule has 0 spiro atoms. The van der Waals surface area contributed by atoms with Crippen molar-refractivity contribution in [2.75, 3.05) is 26.3 Å². The molecule has 0 radical (unpaired) electrons. The molecule has 3 rings (SSSR count). The molecular weight excluding hydrogens is 292 g/mol. The molecule has 1 aromatic rings. The van der Waals surface area contributed by atoms with Crippen molar-refractivity contribution in [3.63, 3.8) is 0 Å². The molecule has 0 aromatic heterocycles. The first-order valence-electron chi connectivity index (χ1n) is 8.36. The number of hydrogen-bond donors (Lipinski definition) is 2. The number of benzene rings is 1. The third-order valence-corrected chi connectivity index (χ3v) is 4.20. The van der Waals surface area contributed by atoms with Crippen molar-refractivity contribution in [3.05, 3.63) is 23.8 Å². The van der Waals surface area contributed by atoms with Crippen LogP contribution in [0, 0.1) is 5.92 Å². The van der Waals surface area contributed by atoms with Gasteiger partial charge in [-0.15, -0.1) is 0 Å². The Morgan fingerprint density at radius 3 is 2.65 bits per heavy atom. The lowest BCUT2D eigenvalue weighted by atomic mass is 10.1. The fourth-order valence-corrected chi connectivity index (χ4v) is 2.90. The highest BCUT2D eigenvalue weighted by molar-refractivity contribution is 5.83. The Bertz CT molecular complexity index is 580. The monoisotopic (exact) mass is 318 g/mol. The van der Waals surface area contributed by atoms with Crippen LogP contribution in [0.1, 0.15) is 38.7 Å². The van der Waals surface area contributed by atoms with Gasteiger partial charge in [0.05, 0.1) is 0 Å². The molecule has 1 aliphatic carbocycles. The third-order valence-electron chi connectivity index (χ3n) is 4.20. The molecule has 2 atom stereocenters. The van der Waals surface area contributed by atoms with Crippen LogP contribution in [0.3, 0.4) is 0 Å². The average Bonchev–Trinajstić information content (AvgIpc) is 3.30. The predicted octanol–water partition coefficient (Wildman–Crippen LogP) is 2.07. The van der Waals surface area contributed by atoms with Gasteiger partial charge in [-0.1, -0.05) is 6.07 Å². The summed E-state index contributed by atoms with van der Waals surface area (Å²) in [6.45, 7) is 9.00. The summed E-state index contributed by atoms with van der Waals surface area (Å²) in [5.41, 5.74) is 1.25. The van der Waals surface area contributed by atoms with Crippen LogP contribution in [-0.4, -0.2) is 37.7 Å². The summed E-state index contributed by atoms with van der Waals surface area (Å²) >= 11 is 0. The highest BCUT2D eigenvalue weighted by Gasteiger charge is 2.44. The smallest absolute Gasteiger partial charge is 0.223 e. The van der Waals surface area contributed by atoms with Gasteiger partial charge in [0.2, 0.25) is 5.91 Å². The molecule has 5 heteroatoms. The Hall–Kier alpha value is -1.75. The van der Waals surface area contributed by atoms with Crippen molar-refractivity contribution < 1.29 is 14.3 Å². The van der Waals surface area contributed by atoms with Gasteiger partial charge in [0.25, 0.3) is 0 Å². The second-order valence-electron chi connectivity index (χ2n) is 7.32. The minimum atomic E-state index is 0.0814. The molecule has 1 aromatic carbocycles. The van der Waals surface area contributed by atoms with Gasteiger partial charge in [-0.3, -0.25) is 4.79 Å². The second kappa shape index (κ2) is 6.40. The molecule has 1 fully saturated rings. The zero-order valence-corrected chi connectivity index (χ0v) is 14.1. The largest absolute Gasteiger partial charge is 0.486 e. The molecular formula is C18H26N2O3. The molecule has 0 bridgehead atoms. The van der Waals surface area contributed by atoms with Gasteiger partial charge in [-0.25, -0.2) is 0 Å². The summed E-state index contributed by atoms with van der Waals surface area (Å²) in [6.07, 6.45) is 0.915. The summed E-state index contributed by atoms with van der Waals surface area (Å²) in [4.78, 5) is 12.2. The van der Waals surface area contributed by atoms with Gasteiger partial charge < -0.3 is 20.1 Å². The molecule has 23 heavy (non-hydrogen) atoms. The number of hydrogen-bond acceptors (Lipinski definition) is 4. The zero-order valence-electron chi connectivity index (χ0n) is 14.1. The summed E-state index contributed by atoms with van der Waals surface area (Å²) in [5.74, 6) is 2.15. The molecule has 5 nitrogen and oxygen atoms in total. The number of amides is 1. The van der Waals surface area contributed by atoms with Crippen molar-refractivity contribution in [3.8, 4) is 11.5 Å². The Labute approximate surface area is 137 Å². The minimum Gasteiger partial charge on any atom is -0.486 e. The fraction of sp³-hybridized carbons (Fsp3) is 0.611. The van der Waals surface area contributed by atoms with E-state index in [1.54, 1.807) is 0 Å². The van der Waals surface area contributed by atoms with E-state index in [2.05, 4.69) is 31.4 Å². The maximum absolute atomic E-state index is 12.2. The van der Waals surface area contributed by atoms with Gasteiger partial charge in [-0.2, -0.15) is 0 Å². The number of fused-ring (bicyclic) bond motifs is 1. The summed E-state index contributed by atoms with van der Waals surface area (Å²) < 4.78 is 11.1. The van der Waals surface area contributed by atoms with Crippen LogP contribution in [0.25, 0.3) is 0 Å². The first-order valence-corrected chi connectivity index (χ1v) is 8.36. The maximum atomic E-state index is 12.2. The van der Waals surface area contributed by atoms with Crippen molar-refractivity contribution in [1.29, 1.82) is 0 Å².